The molecule has 0 fully saturated rings. The van der Waals surface area contributed by atoms with Crippen molar-refractivity contribution in [2.45, 2.75) is 33.1 Å². The van der Waals surface area contributed by atoms with Crippen molar-refractivity contribution >= 4 is 5.82 Å². The van der Waals surface area contributed by atoms with Gasteiger partial charge in [0.25, 0.3) is 0 Å². The van der Waals surface area contributed by atoms with E-state index in [2.05, 4.69) is 22.2 Å². The van der Waals surface area contributed by atoms with Gasteiger partial charge >= 0.3 is 0 Å². The minimum Gasteiger partial charge on any atom is -0.477 e. The largest absolute Gasteiger partial charge is 0.477 e. The molecule has 0 bridgehead atoms. The summed E-state index contributed by atoms with van der Waals surface area (Å²) in [6.07, 6.45) is 2.69. The molecule has 0 unspecified atom stereocenters. The number of methoxy groups -OCH3 is 1. The van der Waals surface area contributed by atoms with Crippen LogP contribution in [0.5, 0.6) is 5.88 Å². The number of nitrogens with one attached hydrogen (secondary N) is 1. The van der Waals surface area contributed by atoms with Crippen molar-refractivity contribution in [1.29, 1.82) is 0 Å². The van der Waals surface area contributed by atoms with E-state index in [0.717, 1.165) is 36.5 Å². The predicted octanol–water partition coefficient (Wildman–Crippen LogP) is 2.21. The molecule has 0 aromatic carbocycles. The van der Waals surface area contributed by atoms with Gasteiger partial charge in [-0.05, 0) is 13.3 Å². The number of anilines is 1. The Hall–Kier alpha value is -1.40. The quantitative estimate of drug-likeness (QED) is 0.632. The molecular weight excluding hydrogens is 270 g/mol. The monoisotopic (exact) mass is 297 g/mol. The highest BCUT2D eigenvalue weighted by molar-refractivity contribution is 5.48. The Labute approximate surface area is 127 Å². The summed E-state index contributed by atoms with van der Waals surface area (Å²) in [5.74, 6) is 2.31. The minimum absolute atomic E-state index is 0.583. The predicted molar refractivity (Wildman–Crippen MR) is 83.1 cm³/mol. The van der Waals surface area contributed by atoms with Gasteiger partial charge in [-0.25, -0.2) is 4.98 Å². The van der Waals surface area contributed by atoms with Gasteiger partial charge in [0.1, 0.15) is 11.6 Å². The van der Waals surface area contributed by atoms with Gasteiger partial charge < -0.3 is 19.5 Å². The van der Waals surface area contributed by atoms with Crippen LogP contribution in [0.3, 0.4) is 0 Å². The molecule has 0 saturated carbocycles. The Kier molecular flexibility index (Phi) is 8.69. The smallest absolute Gasteiger partial charge is 0.221 e. The van der Waals surface area contributed by atoms with Crippen LogP contribution in [0.4, 0.5) is 5.82 Å². The molecule has 0 spiro atoms. The second kappa shape index (κ2) is 10.3. The van der Waals surface area contributed by atoms with Crippen LogP contribution in [0.15, 0.2) is 0 Å². The average molecular weight is 297 g/mol. The Morgan fingerprint density at radius 1 is 1.10 bits per heavy atom. The Morgan fingerprint density at radius 3 is 2.57 bits per heavy atom. The maximum atomic E-state index is 5.77. The number of aromatic nitrogens is 2. The van der Waals surface area contributed by atoms with Crippen LogP contribution in [-0.2, 0) is 15.9 Å². The van der Waals surface area contributed by atoms with E-state index >= 15 is 0 Å². The number of nitrogens with zero attached hydrogens (tertiary/aromatic N) is 2. The fourth-order valence-electron chi connectivity index (χ4n) is 1.83. The van der Waals surface area contributed by atoms with E-state index in [0.29, 0.717) is 32.3 Å². The highest BCUT2D eigenvalue weighted by atomic mass is 16.5. The fourth-order valence-corrected chi connectivity index (χ4v) is 1.83. The Morgan fingerprint density at radius 2 is 1.90 bits per heavy atom. The lowest BCUT2D eigenvalue weighted by Gasteiger charge is -2.13. The molecule has 1 heterocycles. The number of aryl methyl sites for hydroxylation is 1. The number of ether oxygens (including phenoxy) is 3. The minimum atomic E-state index is 0.583. The van der Waals surface area contributed by atoms with Crippen LogP contribution in [0.2, 0.25) is 0 Å². The van der Waals surface area contributed by atoms with Crippen molar-refractivity contribution in [2.75, 3.05) is 45.9 Å². The summed E-state index contributed by atoms with van der Waals surface area (Å²) in [4.78, 5) is 8.96. The van der Waals surface area contributed by atoms with Crippen molar-refractivity contribution in [3.63, 3.8) is 0 Å². The zero-order valence-corrected chi connectivity index (χ0v) is 13.6. The third-order valence-electron chi connectivity index (χ3n) is 2.96. The van der Waals surface area contributed by atoms with Gasteiger partial charge in [-0.2, -0.15) is 4.98 Å². The van der Waals surface area contributed by atoms with Crippen molar-refractivity contribution < 1.29 is 14.2 Å². The summed E-state index contributed by atoms with van der Waals surface area (Å²) in [5.41, 5.74) is 0.942. The maximum Gasteiger partial charge on any atom is 0.221 e. The SMILES string of the molecule is CCCc1nc(NC)c(C)c(OCCCOCCOC)n1. The zero-order chi connectivity index (χ0) is 15.5. The molecule has 1 aromatic rings. The molecule has 1 N–H and O–H groups in total. The number of hydrogen-bond donors (Lipinski definition) is 1. The lowest BCUT2D eigenvalue weighted by molar-refractivity contribution is 0.0641. The standard InChI is InChI=1S/C15H27N3O3/c1-5-7-13-17-14(16-3)12(2)15(18-13)21-9-6-8-20-11-10-19-4/h5-11H2,1-4H3,(H,16,17,18). The van der Waals surface area contributed by atoms with E-state index in [-0.39, 0.29) is 0 Å². The molecule has 0 aliphatic heterocycles. The molecule has 6 heteroatoms. The highest BCUT2D eigenvalue weighted by Crippen LogP contribution is 2.22. The molecule has 0 aliphatic carbocycles. The first kappa shape index (κ1) is 17.7. The van der Waals surface area contributed by atoms with Crippen LogP contribution in [0.1, 0.15) is 31.2 Å². The van der Waals surface area contributed by atoms with Gasteiger partial charge in [0.2, 0.25) is 5.88 Å². The summed E-state index contributed by atoms with van der Waals surface area (Å²) in [6.45, 7) is 6.56. The molecule has 120 valence electrons. The highest BCUT2D eigenvalue weighted by Gasteiger charge is 2.10. The van der Waals surface area contributed by atoms with Crippen molar-refractivity contribution in [2.24, 2.45) is 0 Å². The lowest BCUT2D eigenvalue weighted by atomic mass is 10.3. The van der Waals surface area contributed by atoms with Crippen LogP contribution in [-0.4, -0.2) is 50.6 Å². The van der Waals surface area contributed by atoms with Gasteiger partial charge in [0, 0.05) is 33.6 Å². The molecule has 0 saturated heterocycles. The molecule has 0 aliphatic rings. The van der Waals surface area contributed by atoms with E-state index in [1.54, 1.807) is 7.11 Å². The first-order chi connectivity index (χ1) is 10.2. The summed E-state index contributed by atoms with van der Waals surface area (Å²) in [7, 11) is 3.52. The third-order valence-corrected chi connectivity index (χ3v) is 2.96. The first-order valence-corrected chi connectivity index (χ1v) is 7.47. The summed E-state index contributed by atoms with van der Waals surface area (Å²) >= 11 is 0. The molecule has 1 rings (SSSR count). The second-order valence-corrected chi connectivity index (χ2v) is 4.73. The summed E-state index contributed by atoms with van der Waals surface area (Å²) in [5, 5.41) is 3.09. The topological polar surface area (TPSA) is 65.5 Å². The second-order valence-electron chi connectivity index (χ2n) is 4.73. The number of rotatable bonds is 11. The van der Waals surface area contributed by atoms with E-state index in [4.69, 9.17) is 14.2 Å². The maximum absolute atomic E-state index is 5.77. The van der Waals surface area contributed by atoms with Crippen LogP contribution >= 0.6 is 0 Å². The van der Waals surface area contributed by atoms with E-state index in [9.17, 15) is 0 Å². The van der Waals surface area contributed by atoms with E-state index < -0.39 is 0 Å². The Bertz CT molecular complexity index is 413. The zero-order valence-electron chi connectivity index (χ0n) is 13.6. The molecular formula is C15H27N3O3. The fraction of sp³-hybridized carbons (Fsp3) is 0.733. The van der Waals surface area contributed by atoms with E-state index in [1.165, 1.54) is 0 Å². The molecule has 21 heavy (non-hydrogen) atoms. The molecule has 1 aromatic heterocycles. The van der Waals surface area contributed by atoms with Crippen molar-refractivity contribution in [3.8, 4) is 5.88 Å². The van der Waals surface area contributed by atoms with Crippen molar-refractivity contribution in [1.82, 2.24) is 9.97 Å². The number of hydrogen-bond acceptors (Lipinski definition) is 6. The Balaban J connectivity index is 2.47. The first-order valence-electron chi connectivity index (χ1n) is 7.47. The third kappa shape index (κ3) is 6.27. The van der Waals surface area contributed by atoms with Gasteiger partial charge in [-0.15, -0.1) is 0 Å². The van der Waals surface area contributed by atoms with Gasteiger partial charge in [-0.3, -0.25) is 0 Å². The summed E-state index contributed by atoms with van der Waals surface area (Å²) in [6, 6.07) is 0. The summed E-state index contributed by atoms with van der Waals surface area (Å²) < 4.78 is 16.1. The van der Waals surface area contributed by atoms with Gasteiger partial charge in [0.05, 0.1) is 25.4 Å². The van der Waals surface area contributed by atoms with Crippen LogP contribution in [0, 0.1) is 6.92 Å². The van der Waals surface area contributed by atoms with Gasteiger partial charge in [0.15, 0.2) is 0 Å². The molecule has 0 atom stereocenters. The normalized spacial score (nSPS) is 10.7. The lowest BCUT2D eigenvalue weighted by Crippen LogP contribution is -2.10. The molecule has 6 nitrogen and oxygen atoms in total. The molecule has 0 amide bonds. The average Bonchev–Trinajstić information content (AvgIpc) is 2.49. The van der Waals surface area contributed by atoms with E-state index in [1.807, 2.05) is 14.0 Å². The van der Waals surface area contributed by atoms with Crippen LogP contribution < -0.4 is 10.1 Å². The van der Waals surface area contributed by atoms with Crippen LogP contribution in [0.25, 0.3) is 0 Å². The van der Waals surface area contributed by atoms with Gasteiger partial charge in [-0.1, -0.05) is 6.92 Å². The van der Waals surface area contributed by atoms with Crippen molar-refractivity contribution in [3.05, 3.63) is 11.4 Å². The molecule has 0 radical (unpaired) electrons.